The van der Waals surface area contributed by atoms with Crippen LogP contribution in [0.15, 0.2) is 117 Å². The van der Waals surface area contributed by atoms with Crippen molar-refractivity contribution in [1.29, 1.82) is 0 Å². The van der Waals surface area contributed by atoms with Crippen LogP contribution in [0.4, 0.5) is 17.1 Å². The van der Waals surface area contributed by atoms with Gasteiger partial charge in [0.25, 0.3) is 20.2 Å². The molecule has 2 heterocycles. The Morgan fingerprint density at radius 2 is 1.36 bits per heavy atom. The summed E-state index contributed by atoms with van der Waals surface area (Å²) in [7, 11) is 4.32. The molecule has 0 amide bonds. The molecule has 3 aliphatic rings. The number of aryl methyl sites for hydroxylation is 1. The molecule has 64 heavy (non-hydrogen) atoms. The summed E-state index contributed by atoms with van der Waals surface area (Å²) in [5.74, 6) is 0. The van der Waals surface area contributed by atoms with Crippen molar-refractivity contribution in [3.8, 4) is 0 Å². The maximum absolute atomic E-state index is 12.3. The first-order valence-electron chi connectivity index (χ1n) is 22.7. The number of benzene rings is 3. The van der Waals surface area contributed by atoms with Crippen molar-refractivity contribution < 1.29 is 39.5 Å². The highest BCUT2D eigenvalue weighted by atomic mass is 32.2. The van der Waals surface area contributed by atoms with E-state index in [1.165, 1.54) is 17.7 Å². The molecule has 6 rings (SSSR count). The van der Waals surface area contributed by atoms with E-state index in [0.717, 1.165) is 137 Å². The van der Waals surface area contributed by atoms with E-state index in [9.17, 15) is 25.9 Å². The van der Waals surface area contributed by atoms with Crippen LogP contribution in [0.5, 0.6) is 0 Å². The number of hydrogen-bond acceptors (Lipinski definition) is 6. The zero-order valence-electron chi connectivity index (χ0n) is 40.0. The van der Waals surface area contributed by atoms with Gasteiger partial charge in [0.2, 0.25) is 5.69 Å². The third kappa shape index (κ3) is 11.2. The van der Waals surface area contributed by atoms with Gasteiger partial charge in [0.1, 0.15) is 0 Å². The van der Waals surface area contributed by atoms with Gasteiger partial charge in [0.15, 0.2) is 12.3 Å². The average Bonchev–Trinajstić information content (AvgIpc) is 3.53. The maximum Gasteiger partial charge on any atom is 0.294 e. The fourth-order valence-corrected chi connectivity index (χ4v) is 10.5. The maximum atomic E-state index is 12.3. The molecule has 0 unspecified atom stereocenters. The zero-order valence-corrected chi connectivity index (χ0v) is 41.6. The molecule has 3 N–H and O–H groups in total. The summed E-state index contributed by atoms with van der Waals surface area (Å²) in [6, 6.07) is 18.6. The summed E-state index contributed by atoms with van der Waals surface area (Å²) in [6.45, 7) is 14.1. The Morgan fingerprint density at radius 3 is 1.97 bits per heavy atom. The van der Waals surface area contributed by atoms with E-state index >= 15 is 0 Å². The van der Waals surface area contributed by atoms with E-state index < -0.39 is 31.1 Å². The molecule has 3 aromatic carbocycles. The van der Waals surface area contributed by atoms with Crippen LogP contribution in [-0.2, 0) is 37.5 Å². The molecule has 0 spiro atoms. The van der Waals surface area contributed by atoms with E-state index in [1.807, 2.05) is 12.1 Å². The Kier molecular flexibility index (Phi) is 14.2. The topological polar surface area (TPSA) is 127 Å². The first-order valence-corrected chi connectivity index (χ1v) is 25.5. The minimum Gasteiger partial charge on any atom is -0.355 e. The fourth-order valence-electron chi connectivity index (χ4n) is 9.48. The molecular formula is C51H72N5O6S2+3. The van der Waals surface area contributed by atoms with Gasteiger partial charge >= 0.3 is 0 Å². The summed E-state index contributed by atoms with van der Waals surface area (Å²) >= 11 is 0. The Hall–Kier alpha value is -4.37. The van der Waals surface area contributed by atoms with Crippen molar-refractivity contribution in [2.45, 2.75) is 100 Å². The summed E-state index contributed by atoms with van der Waals surface area (Å²) in [4.78, 5) is 2.11. The van der Waals surface area contributed by atoms with Crippen molar-refractivity contribution in [2.24, 2.45) is 0 Å². The third-order valence-corrected chi connectivity index (χ3v) is 14.6. The number of rotatable bonds is 17. The normalized spacial score (nSPS) is 19.0. The van der Waals surface area contributed by atoms with Crippen LogP contribution in [0, 0.1) is 0 Å². The monoisotopic (exact) mass is 914 g/mol. The van der Waals surface area contributed by atoms with Crippen LogP contribution < -0.4 is 10.2 Å². The van der Waals surface area contributed by atoms with E-state index in [0.29, 0.717) is 0 Å². The molecule has 0 atom stereocenters. The van der Waals surface area contributed by atoms with Gasteiger partial charge in [-0.2, -0.15) is 21.4 Å². The molecule has 0 saturated heterocycles. The van der Waals surface area contributed by atoms with Crippen molar-refractivity contribution in [1.82, 2.24) is 0 Å². The summed E-state index contributed by atoms with van der Waals surface area (Å²) < 4.78 is 73.4. The van der Waals surface area contributed by atoms with E-state index in [2.05, 4.69) is 140 Å². The second-order valence-electron chi connectivity index (χ2n) is 20.9. The average molecular weight is 915 g/mol. The standard InChI is InChI=1S/C51H69N5O6S2/c1-12-16-37-19-23-40(24-20-37)52-49-38(21-29-47-50(2,3)43-35-41(63(57,58)59)25-27-45(43)53(47)31-14-33-55(6,7)8)17-13-18-39(49)22-30-48-51(4,5)44-36-42(64(60,61)62)26-28-46(44)54(48)32-15-34-56(9,10)11/h19-30,35-36H,12-18,31-34H2,1-11H3/p+3/b38-21+,47-29+. The van der Waals surface area contributed by atoms with Gasteiger partial charge in [0, 0.05) is 58.9 Å². The summed E-state index contributed by atoms with van der Waals surface area (Å²) in [6.07, 6.45) is 15.4. The van der Waals surface area contributed by atoms with Crippen molar-refractivity contribution in [3.63, 3.8) is 0 Å². The SMILES string of the molecule is CCCc1ccc(NC2=C(/C=C/C3=[N+](CCC[N+](C)(C)C)c4ccc(S(=O)(=O)O)cc4C3(C)C)CCC/C2=C\C=C2\N(CCC[N+](C)(C)C)c3ccc(S(=O)(=O)O)cc3C2(C)C)cc1. The third-order valence-electron chi connectivity index (χ3n) is 12.9. The molecule has 0 aromatic heterocycles. The molecule has 1 aliphatic carbocycles. The molecule has 0 bridgehead atoms. The van der Waals surface area contributed by atoms with Gasteiger partial charge in [-0.15, -0.1) is 0 Å². The number of nitrogens with one attached hydrogen (secondary N) is 1. The van der Waals surface area contributed by atoms with E-state index in [4.69, 9.17) is 0 Å². The predicted octanol–water partition coefficient (Wildman–Crippen LogP) is 9.42. The Morgan fingerprint density at radius 1 is 0.750 bits per heavy atom. The van der Waals surface area contributed by atoms with Gasteiger partial charge < -0.3 is 19.2 Å². The summed E-state index contributed by atoms with van der Waals surface area (Å²) in [5, 5.41) is 3.85. The van der Waals surface area contributed by atoms with Crippen LogP contribution >= 0.6 is 0 Å². The predicted molar refractivity (Wildman–Crippen MR) is 261 cm³/mol. The van der Waals surface area contributed by atoms with Gasteiger partial charge in [-0.05, 0) is 110 Å². The smallest absolute Gasteiger partial charge is 0.294 e. The number of anilines is 2. The highest BCUT2D eigenvalue weighted by Crippen LogP contribution is 2.49. The number of nitrogens with zero attached hydrogens (tertiary/aromatic N) is 4. The van der Waals surface area contributed by atoms with Crippen molar-refractivity contribution >= 4 is 43.0 Å². The van der Waals surface area contributed by atoms with Gasteiger partial charge in [-0.1, -0.05) is 51.5 Å². The lowest BCUT2D eigenvalue weighted by atomic mass is 9.81. The van der Waals surface area contributed by atoms with Crippen LogP contribution in [0.25, 0.3) is 0 Å². The van der Waals surface area contributed by atoms with Gasteiger partial charge in [-0.25, -0.2) is 0 Å². The minimum atomic E-state index is -4.39. The molecule has 0 saturated carbocycles. The van der Waals surface area contributed by atoms with Crippen molar-refractivity contribution in [2.75, 3.05) is 78.7 Å². The van der Waals surface area contributed by atoms with Gasteiger partial charge in [-0.3, -0.25) is 9.11 Å². The molecule has 13 heteroatoms. The Labute approximate surface area is 383 Å². The Balaban J connectivity index is 1.48. The first-order chi connectivity index (χ1) is 29.7. The first kappa shape index (κ1) is 49.1. The van der Waals surface area contributed by atoms with Crippen LogP contribution in [0.1, 0.15) is 89.8 Å². The number of allylic oxidation sites excluding steroid dienone is 7. The number of hydrogen-bond donors (Lipinski definition) is 3. The minimum absolute atomic E-state index is 0.106. The molecule has 3 aromatic rings. The number of quaternary nitrogens is 2. The number of fused-ring (bicyclic) bond motifs is 2. The molecule has 0 fully saturated rings. The largest absolute Gasteiger partial charge is 0.355 e. The van der Waals surface area contributed by atoms with Crippen LogP contribution in [0.2, 0.25) is 0 Å². The molecule has 11 nitrogen and oxygen atoms in total. The van der Waals surface area contributed by atoms with E-state index in [1.54, 1.807) is 12.1 Å². The van der Waals surface area contributed by atoms with E-state index in [-0.39, 0.29) is 9.79 Å². The lowest BCUT2D eigenvalue weighted by Gasteiger charge is -2.29. The second-order valence-corrected chi connectivity index (χ2v) is 23.7. The molecular weight excluding hydrogens is 843 g/mol. The van der Waals surface area contributed by atoms with Crippen molar-refractivity contribution in [3.05, 3.63) is 124 Å². The highest BCUT2D eigenvalue weighted by Gasteiger charge is 2.45. The second kappa shape index (κ2) is 18.5. The quantitative estimate of drug-likeness (QED) is 0.0695. The molecule has 0 radical (unpaired) electrons. The lowest BCUT2D eigenvalue weighted by molar-refractivity contribution is -0.871. The molecule has 2 aliphatic heterocycles. The summed E-state index contributed by atoms with van der Waals surface area (Å²) in [5.41, 5.74) is 10.3. The Bertz CT molecular complexity index is 2640. The lowest BCUT2D eigenvalue weighted by Crippen LogP contribution is -2.37. The highest BCUT2D eigenvalue weighted by molar-refractivity contribution is 7.86. The van der Waals surface area contributed by atoms with Gasteiger partial charge in [0.05, 0.1) is 77.0 Å². The fraction of sp³-hybridized carbons (Fsp3) is 0.471. The van der Waals surface area contributed by atoms with Crippen LogP contribution in [-0.4, -0.2) is 114 Å². The van der Waals surface area contributed by atoms with Crippen LogP contribution in [0.3, 0.4) is 0 Å². The molecule has 346 valence electrons. The zero-order chi connectivity index (χ0) is 47.0.